The largest absolute Gasteiger partial charge is 0.322 e. The van der Waals surface area contributed by atoms with Gasteiger partial charge in [-0.3, -0.25) is 9.59 Å². The van der Waals surface area contributed by atoms with Crippen LogP contribution >= 0.6 is 0 Å². The summed E-state index contributed by atoms with van der Waals surface area (Å²) in [5, 5.41) is 2.77. The summed E-state index contributed by atoms with van der Waals surface area (Å²) in [7, 11) is 4.07. The fraction of sp³-hybridized carbons (Fsp3) is 0.421. The number of hydrogen-bond donors (Lipinski definition) is 2. The van der Waals surface area contributed by atoms with Crippen LogP contribution < -0.4 is 10.9 Å². The molecule has 0 saturated heterocycles. The van der Waals surface area contributed by atoms with Gasteiger partial charge in [0.25, 0.3) is 11.5 Å². The number of nitrogens with zero attached hydrogens (tertiary/aromatic N) is 2. The fourth-order valence-corrected chi connectivity index (χ4v) is 2.45. The first-order chi connectivity index (χ1) is 11.8. The molecule has 0 aliphatic heterocycles. The molecule has 134 valence electrons. The topological polar surface area (TPSA) is 78.1 Å². The molecule has 1 heterocycles. The highest BCUT2D eigenvalue weighted by Gasteiger charge is 2.17. The number of rotatable bonds is 6. The van der Waals surface area contributed by atoms with Crippen LogP contribution in [-0.2, 0) is 6.42 Å². The number of benzene rings is 1. The molecular formula is C19H26N4O2. The Labute approximate surface area is 148 Å². The van der Waals surface area contributed by atoms with Crippen molar-refractivity contribution in [3.63, 3.8) is 0 Å². The van der Waals surface area contributed by atoms with E-state index >= 15 is 0 Å². The molecule has 0 fully saturated rings. The molecular weight excluding hydrogens is 316 g/mol. The van der Waals surface area contributed by atoms with E-state index in [0.717, 1.165) is 13.0 Å². The number of nitrogens with one attached hydrogen (secondary N) is 2. The van der Waals surface area contributed by atoms with Gasteiger partial charge in [0.15, 0.2) is 0 Å². The minimum absolute atomic E-state index is 0.0566. The van der Waals surface area contributed by atoms with Crippen molar-refractivity contribution in [1.29, 1.82) is 0 Å². The first-order valence-electron chi connectivity index (χ1n) is 8.43. The maximum Gasteiger partial charge on any atom is 0.264 e. The summed E-state index contributed by atoms with van der Waals surface area (Å²) in [5.74, 6) is 0.241. The number of aromatic nitrogens is 2. The smallest absolute Gasteiger partial charge is 0.264 e. The lowest BCUT2D eigenvalue weighted by Gasteiger charge is -2.11. The van der Waals surface area contributed by atoms with E-state index in [4.69, 9.17) is 0 Å². The van der Waals surface area contributed by atoms with E-state index in [0.29, 0.717) is 17.2 Å². The maximum atomic E-state index is 12.5. The molecule has 25 heavy (non-hydrogen) atoms. The normalized spacial score (nSPS) is 11.2. The molecule has 0 radical (unpaired) electrons. The summed E-state index contributed by atoms with van der Waals surface area (Å²) in [6.45, 7) is 6.53. The number of carbonyl (C=O) groups excluding carboxylic acids is 1. The van der Waals surface area contributed by atoms with Crippen molar-refractivity contribution in [2.45, 2.75) is 33.1 Å². The Bertz CT molecular complexity index is 792. The van der Waals surface area contributed by atoms with Crippen molar-refractivity contribution < 1.29 is 4.79 Å². The third-order valence-corrected chi connectivity index (χ3v) is 3.95. The van der Waals surface area contributed by atoms with Gasteiger partial charge in [0.1, 0.15) is 11.4 Å². The van der Waals surface area contributed by atoms with E-state index in [1.165, 1.54) is 5.56 Å². The van der Waals surface area contributed by atoms with Gasteiger partial charge in [-0.25, -0.2) is 4.98 Å². The molecule has 0 aliphatic rings. The molecule has 6 nitrogen and oxygen atoms in total. The molecule has 0 aliphatic carbocycles. The highest BCUT2D eigenvalue weighted by molar-refractivity contribution is 6.04. The molecule has 2 aromatic rings. The van der Waals surface area contributed by atoms with Crippen LogP contribution in [0.2, 0.25) is 0 Å². The van der Waals surface area contributed by atoms with Crippen LogP contribution in [0.25, 0.3) is 0 Å². The van der Waals surface area contributed by atoms with Crippen molar-refractivity contribution in [2.24, 2.45) is 0 Å². The molecule has 0 spiro atoms. The van der Waals surface area contributed by atoms with Crippen molar-refractivity contribution >= 4 is 11.6 Å². The lowest BCUT2D eigenvalue weighted by Crippen LogP contribution is -2.27. The van der Waals surface area contributed by atoms with Gasteiger partial charge < -0.3 is 15.2 Å². The average molecular weight is 342 g/mol. The van der Waals surface area contributed by atoms with Crippen molar-refractivity contribution in [1.82, 2.24) is 14.9 Å². The predicted molar refractivity (Wildman–Crippen MR) is 100 cm³/mol. The summed E-state index contributed by atoms with van der Waals surface area (Å²) >= 11 is 0. The Balaban J connectivity index is 2.13. The van der Waals surface area contributed by atoms with Gasteiger partial charge in [-0.05, 0) is 45.1 Å². The number of amides is 1. The summed E-state index contributed by atoms with van der Waals surface area (Å²) in [6.07, 6.45) is 0.945. The van der Waals surface area contributed by atoms with E-state index in [1.807, 2.05) is 52.2 Å². The van der Waals surface area contributed by atoms with Crippen LogP contribution in [0.15, 0.2) is 29.1 Å². The molecule has 1 aromatic heterocycles. The van der Waals surface area contributed by atoms with Crippen LogP contribution in [0.4, 0.5) is 5.69 Å². The van der Waals surface area contributed by atoms with Gasteiger partial charge in [-0.2, -0.15) is 0 Å². The monoisotopic (exact) mass is 342 g/mol. The molecule has 0 unspecified atom stereocenters. The van der Waals surface area contributed by atoms with Crippen LogP contribution in [0.5, 0.6) is 0 Å². The number of carbonyl (C=O) groups is 1. The highest BCUT2D eigenvalue weighted by atomic mass is 16.2. The molecule has 2 rings (SSSR count). The number of aryl methyl sites for hydroxylation is 1. The standard InChI is InChI=1S/C19H26N4O2/c1-12(2)17-20-13(3)16(19(25)22-17)18(24)21-15-8-6-14(7-9-15)10-11-23(4)5/h6-9,12H,10-11H2,1-5H3,(H,21,24)(H,20,22,25). The Hall–Kier alpha value is -2.47. The van der Waals surface area contributed by atoms with Crippen LogP contribution in [0.1, 0.15) is 47.2 Å². The van der Waals surface area contributed by atoms with Crippen LogP contribution in [0.3, 0.4) is 0 Å². The molecule has 1 aromatic carbocycles. The zero-order valence-corrected chi connectivity index (χ0v) is 15.5. The quantitative estimate of drug-likeness (QED) is 0.846. The summed E-state index contributed by atoms with van der Waals surface area (Å²) < 4.78 is 0. The molecule has 0 saturated carbocycles. The average Bonchev–Trinajstić information content (AvgIpc) is 2.53. The lowest BCUT2D eigenvalue weighted by molar-refractivity contribution is 0.102. The van der Waals surface area contributed by atoms with Gasteiger partial charge in [0.2, 0.25) is 0 Å². The Morgan fingerprint density at radius 1 is 1.24 bits per heavy atom. The second-order valence-electron chi connectivity index (χ2n) is 6.77. The molecule has 6 heteroatoms. The summed E-state index contributed by atoms with van der Waals surface area (Å²) in [5.41, 5.74) is 1.94. The van der Waals surface area contributed by atoms with Gasteiger partial charge in [0, 0.05) is 18.2 Å². The number of aromatic amines is 1. The van der Waals surface area contributed by atoms with Gasteiger partial charge in [0.05, 0.1) is 5.69 Å². The van der Waals surface area contributed by atoms with Crippen LogP contribution in [0, 0.1) is 6.92 Å². The zero-order valence-electron chi connectivity index (χ0n) is 15.5. The highest BCUT2D eigenvalue weighted by Crippen LogP contribution is 2.13. The van der Waals surface area contributed by atoms with Crippen molar-refractivity contribution in [3.8, 4) is 0 Å². The van der Waals surface area contributed by atoms with Crippen molar-refractivity contribution in [3.05, 3.63) is 57.3 Å². The van der Waals surface area contributed by atoms with Gasteiger partial charge in [-0.1, -0.05) is 26.0 Å². The summed E-state index contributed by atoms with van der Waals surface area (Å²) in [4.78, 5) is 33.8. The fourth-order valence-electron chi connectivity index (χ4n) is 2.45. The zero-order chi connectivity index (χ0) is 18.6. The third kappa shape index (κ3) is 5.00. The van der Waals surface area contributed by atoms with E-state index in [9.17, 15) is 9.59 Å². The lowest BCUT2D eigenvalue weighted by atomic mass is 10.1. The molecule has 2 N–H and O–H groups in total. The number of anilines is 1. The maximum absolute atomic E-state index is 12.5. The van der Waals surface area contributed by atoms with Crippen molar-refractivity contribution in [2.75, 3.05) is 26.0 Å². The number of likely N-dealkylation sites (N-methyl/N-ethyl adjacent to an activating group) is 1. The predicted octanol–water partition coefficient (Wildman–Crippen LogP) is 2.56. The second kappa shape index (κ2) is 8.07. The SMILES string of the molecule is Cc1nc(C(C)C)[nH]c(=O)c1C(=O)Nc1ccc(CCN(C)C)cc1. The Morgan fingerprint density at radius 3 is 2.40 bits per heavy atom. The van der Waals surface area contributed by atoms with E-state index < -0.39 is 11.5 Å². The number of hydrogen-bond acceptors (Lipinski definition) is 4. The van der Waals surface area contributed by atoms with E-state index in [2.05, 4.69) is 20.2 Å². The number of H-pyrrole nitrogens is 1. The van der Waals surface area contributed by atoms with Gasteiger partial charge in [-0.15, -0.1) is 0 Å². The first-order valence-corrected chi connectivity index (χ1v) is 8.43. The second-order valence-corrected chi connectivity index (χ2v) is 6.77. The van der Waals surface area contributed by atoms with Gasteiger partial charge >= 0.3 is 0 Å². The molecule has 0 atom stereocenters. The van der Waals surface area contributed by atoms with Crippen LogP contribution in [-0.4, -0.2) is 41.4 Å². The molecule has 1 amide bonds. The Morgan fingerprint density at radius 2 is 1.88 bits per heavy atom. The summed E-state index contributed by atoms with van der Waals surface area (Å²) in [6, 6.07) is 7.66. The Kier molecular flexibility index (Phi) is 6.09. The minimum atomic E-state index is -0.442. The van der Waals surface area contributed by atoms with E-state index in [-0.39, 0.29) is 11.5 Å². The minimum Gasteiger partial charge on any atom is -0.322 e. The third-order valence-electron chi connectivity index (χ3n) is 3.95. The first kappa shape index (κ1) is 18.9. The molecule has 0 bridgehead atoms. The van der Waals surface area contributed by atoms with E-state index in [1.54, 1.807) is 6.92 Å².